The third-order valence-electron chi connectivity index (χ3n) is 2.97. The van der Waals surface area contributed by atoms with Crippen molar-refractivity contribution in [3.63, 3.8) is 0 Å². The molecule has 0 radical (unpaired) electrons. The number of hydrogen-bond acceptors (Lipinski definition) is 2. The molecule has 0 spiro atoms. The van der Waals surface area contributed by atoms with Crippen molar-refractivity contribution in [2.24, 2.45) is 0 Å². The molecule has 0 heterocycles. The quantitative estimate of drug-likeness (QED) is 0.703. The second-order valence-corrected chi connectivity index (χ2v) is 5.21. The summed E-state index contributed by atoms with van der Waals surface area (Å²) in [5, 5.41) is 13.6. The lowest BCUT2D eigenvalue weighted by Crippen LogP contribution is -2.22. The lowest BCUT2D eigenvalue weighted by molar-refractivity contribution is 0.282. The Morgan fingerprint density at radius 3 is 2.61 bits per heavy atom. The topological polar surface area (TPSA) is 32.3 Å². The van der Waals surface area contributed by atoms with Crippen molar-refractivity contribution in [3.05, 3.63) is 33.8 Å². The normalized spacial score (nSPS) is 12.7. The molecule has 4 heteroatoms. The summed E-state index contributed by atoms with van der Waals surface area (Å²) in [7, 11) is 0. The highest BCUT2D eigenvalue weighted by Gasteiger charge is 2.12. The Morgan fingerprint density at radius 1 is 1.22 bits per heavy atom. The van der Waals surface area contributed by atoms with E-state index in [0.29, 0.717) is 5.02 Å². The van der Waals surface area contributed by atoms with Gasteiger partial charge in [-0.15, -0.1) is 0 Å². The minimum atomic E-state index is 0.267. The van der Waals surface area contributed by atoms with Gasteiger partial charge in [0.1, 0.15) is 0 Å². The molecule has 1 unspecified atom stereocenters. The third-order valence-corrected chi connectivity index (χ3v) is 3.53. The number of benzene rings is 1. The molecule has 1 aromatic rings. The average molecular weight is 290 g/mol. The molecule has 2 nitrogen and oxygen atoms in total. The van der Waals surface area contributed by atoms with Crippen LogP contribution in [0.25, 0.3) is 0 Å². The first kappa shape index (κ1) is 15.8. The van der Waals surface area contributed by atoms with Crippen molar-refractivity contribution in [2.45, 2.75) is 38.6 Å². The predicted molar refractivity (Wildman–Crippen MR) is 78.4 cm³/mol. The molecule has 0 amide bonds. The molecule has 1 aromatic carbocycles. The van der Waals surface area contributed by atoms with Gasteiger partial charge < -0.3 is 10.4 Å². The van der Waals surface area contributed by atoms with Gasteiger partial charge in [-0.2, -0.15) is 0 Å². The van der Waals surface area contributed by atoms with Crippen molar-refractivity contribution in [1.82, 2.24) is 5.32 Å². The molecule has 18 heavy (non-hydrogen) atoms. The van der Waals surface area contributed by atoms with Crippen LogP contribution in [-0.4, -0.2) is 18.3 Å². The molecule has 102 valence electrons. The van der Waals surface area contributed by atoms with Crippen molar-refractivity contribution >= 4 is 23.2 Å². The number of unbranched alkanes of at least 4 members (excludes halogenated alkanes) is 2. The number of nitrogens with one attached hydrogen (secondary N) is 1. The first-order valence-electron chi connectivity index (χ1n) is 6.48. The number of aliphatic hydroxyl groups excluding tert-OH is 1. The van der Waals surface area contributed by atoms with Crippen LogP contribution in [-0.2, 0) is 0 Å². The molecule has 2 N–H and O–H groups in total. The SMILES string of the molecule is CCC(NCCCCCO)c1ccc(Cl)cc1Cl. The van der Waals surface area contributed by atoms with Gasteiger partial charge in [-0.05, 0) is 49.9 Å². The van der Waals surface area contributed by atoms with Crippen LogP contribution in [0.2, 0.25) is 10.0 Å². The fourth-order valence-electron chi connectivity index (χ4n) is 1.95. The number of halogens is 2. The van der Waals surface area contributed by atoms with Crippen LogP contribution < -0.4 is 5.32 Å². The summed E-state index contributed by atoms with van der Waals surface area (Å²) in [5.41, 5.74) is 1.10. The number of hydrogen-bond donors (Lipinski definition) is 2. The van der Waals surface area contributed by atoms with Gasteiger partial charge >= 0.3 is 0 Å². The van der Waals surface area contributed by atoms with E-state index >= 15 is 0 Å². The molecule has 0 saturated heterocycles. The van der Waals surface area contributed by atoms with Crippen molar-refractivity contribution in [2.75, 3.05) is 13.2 Å². The lowest BCUT2D eigenvalue weighted by atomic mass is 10.0. The Balaban J connectivity index is 2.49. The van der Waals surface area contributed by atoms with Gasteiger partial charge in [0.05, 0.1) is 0 Å². The zero-order valence-corrected chi connectivity index (χ0v) is 12.3. The van der Waals surface area contributed by atoms with Crippen LogP contribution in [0, 0.1) is 0 Å². The van der Waals surface area contributed by atoms with Crippen LogP contribution in [0.4, 0.5) is 0 Å². The summed E-state index contributed by atoms with van der Waals surface area (Å²) in [6.45, 7) is 3.36. The molecule has 0 saturated carbocycles. The van der Waals surface area contributed by atoms with Crippen LogP contribution in [0.3, 0.4) is 0 Å². The minimum Gasteiger partial charge on any atom is -0.396 e. The monoisotopic (exact) mass is 289 g/mol. The molecule has 0 bridgehead atoms. The Morgan fingerprint density at radius 2 is 2.00 bits per heavy atom. The van der Waals surface area contributed by atoms with Gasteiger partial charge in [0.15, 0.2) is 0 Å². The highest BCUT2D eigenvalue weighted by Crippen LogP contribution is 2.27. The first-order valence-corrected chi connectivity index (χ1v) is 7.23. The van der Waals surface area contributed by atoms with Crippen LogP contribution in [0.1, 0.15) is 44.2 Å². The molecule has 0 aromatic heterocycles. The fourth-order valence-corrected chi connectivity index (χ4v) is 2.49. The van der Waals surface area contributed by atoms with E-state index in [4.69, 9.17) is 28.3 Å². The molecule has 1 rings (SSSR count). The van der Waals surface area contributed by atoms with Gasteiger partial charge in [0.25, 0.3) is 0 Å². The minimum absolute atomic E-state index is 0.267. The molecular weight excluding hydrogens is 269 g/mol. The number of aliphatic hydroxyl groups is 1. The fraction of sp³-hybridized carbons (Fsp3) is 0.571. The maximum absolute atomic E-state index is 8.71. The molecule has 0 aliphatic carbocycles. The Kier molecular flexibility index (Phi) is 7.68. The zero-order chi connectivity index (χ0) is 13.4. The zero-order valence-electron chi connectivity index (χ0n) is 10.8. The molecule has 1 atom stereocenters. The largest absolute Gasteiger partial charge is 0.396 e. The highest BCUT2D eigenvalue weighted by atomic mass is 35.5. The number of rotatable bonds is 8. The van der Waals surface area contributed by atoms with Gasteiger partial charge in [-0.25, -0.2) is 0 Å². The van der Waals surface area contributed by atoms with E-state index in [1.54, 1.807) is 6.07 Å². The smallest absolute Gasteiger partial charge is 0.0468 e. The van der Waals surface area contributed by atoms with Gasteiger partial charge in [-0.3, -0.25) is 0 Å². The molecule has 0 fully saturated rings. The lowest BCUT2D eigenvalue weighted by Gasteiger charge is -2.19. The van der Waals surface area contributed by atoms with Crippen LogP contribution in [0.15, 0.2) is 18.2 Å². The van der Waals surface area contributed by atoms with Crippen LogP contribution >= 0.6 is 23.2 Å². The summed E-state index contributed by atoms with van der Waals surface area (Å²) in [6.07, 6.45) is 3.98. The second kappa shape index (κ2) is 8.76. The molecular formula is C14H21Cl2NO. The summed E-state index contributed by atoms with van der Waals surface area (Å²) < 4.78 is 0. The summed E-state index contributed by atoms with van der Waals surface area (Å²) in [4.78, 5) is 0. The highest BCUT2D eigenvalue weighted by molar-refractivity contribution is 6.35. The standard InChI is InChI=1S/C14H21Cl2NO/c1-2-14(17-8-4-3-5-9-18)12-7-6-11(15)10-13(12)16/h6-7,10,14,17-18H,2-5,8-9H2,1H3. The summed E-state index contributed by atoms with van der Waals surface area (Å²) in [5.74, 6) is 0. The van der Waals surface area contributed by atoms with E-state index in [1.807, 2.05) is 12.1 Å². The van der Waals surface area contributed by atoms with Crippen molar-refractivity contribution in [3.8, 4) is 0 Å². The summed E-state index contributed by atoms with van der Waals surface area (Å²) in [6, 6.07) is 5.91. The molecule has 0 aliphatic heterocycles. The van der Waals surface area contributed by atoms with E-state index in [-0.39, 0.29) is 12.6 Å². The Hall–Kier alpha value is -0.280. The van der Waals surface area contributed by atoms with E-state index in [9.17, 15) is 0 Å². The predicted octanol–water partition coefficient (Wildman–Crippen LogP) is 4.20. The molecule has 0 aliphatic rings. The van der Waals surface area contributed by atoms with Crippen molar-refractivity contribution < 1.29 is 5.11 Å². The average Bonchev–Trinajstić information content (AvgIpc) is 2.35. The van der Waals surface area contributed by atoms with Crippen molar-refractivity contribution in [1.29, 1.82) is 0 Å². The van der Waals surface area contributed by atoms with E-state index < -0.39 is 0 Å². The van der Waals surface area contributed by atoms with Crippen LogP contribution in [0.5, 0.6) is 0 Å². The van der Waals surface area contributed by atoms with Gasteiger partial charge in [0, 0.05) is 22.7 Å². The van der Waals surface area contributed by atoms with Gasteiger partial charge in [-0.1, -0.05) is 36.2 Å². The third kappa shape index (κ3) is 5.15. The maximum Gasteiger partial charge on any atom is 0.0468 e. The van der Waals surface area contributed by atoms with E-state index in [0.717, 1.165) is 42.8 Å². The van der Waals surface area contributed by atoms with E-state index in [2.05, 4.69) is 12.2 Å². The van der Waals surface area contributed by atoms with Gasteiger partial charge in [0.2, 0.25) is 0 Å². The Bertz CT molecular complexity index is 358. The Labute approximate surface area is 119 Å². The first-order chi connectivity index (χ1) is 8.69. The van der Waals surface area contributed by atoms with E-state index in [1.165, 1.54) is 0 Å². The maximum atomic E-state index is 8.71. The summed E-state index contributed by atoms with van der Waals surface area (Å²) >= 11 is 12.1. The second-order valence-electron chi connectivity index (χ2n) is 4.37.